The minimum absolute atomic E-state index is 0.0368. The predicted molar refractivity (Wildman–Crippen MR) is 129 cm³/mol. The van der Waals surface area contributed by atoms with Gasteiger partial charge in [-0.1, -0.05) is 32.0 Å². The molecule has 0 spiro atoms. The molecule has 0 unspecified atom stereocenters. The van der Waals surface area contributed by atoms with Crippen LogP contribution in [-0.2, 0) is 30.8 Å². The first-order valence-corrected chi connectivity index (χ1v) is 12.4. The molecular weight excluding hydrogens is 458 g/mol. The number of anilines is 1. The Kier molecular flexibility index (Phi) is 8.72. The van der Waals surface area contributed by atoms with Gasteiger partial charge in [0, 0.05) is 0 Å². The zero-order valence-corrected chi connectivity index (χ0v) is 21.3. The van der Waals surface area contributed by atoms with Gasteiger partial charge in [0.1, 0.15) is 17.9 Å². The first-order chi connectivity index (χ1) is 15.8. The van der Waals surface area contributed by atoms with Gasteiger partial charge in [-0.2, -0.15) is 0 Å². The number of carbonyl (C=O) groups excluding carboxylic acids is 1. The molecule has 8 nitrogen and oxygen atoms in total. The van der Waals surface area contributed by atoms with Crippen molar-refractivity contribution in [2.45, 2.75) is 51.5 Å². The fourth-order valence-electron chi connectivity index (χ4n) is 3.44. The molecule has 1 atom stereocenters. The second-order valence-electron chi connectivity index (χ2n) is 9.30. The maximum atomic E-state index is 13.7. The summed E-state index contributed by atoms with van der Waals surface area (Å²) in [5.74, 6) is -2.12. The summed E-state index contributed by atoms with van der Waals surface area (Å²) in [6, 6.07) is 12.4. The quantitative estimate of drug-likeness (QED) is 0.498. The summed E-state index contributed by atoms with van der Waals surface area (Å²) in [5.41, 5.74) is -0.0709. The number of carbonyl (C=O) groups is 2. The molecule has 186 valence electrons. The Bertz CT molecular complexity index is 1100. The van der Waals surface area contributed by atoms with Gasteiger partial charge < -0.3 is 14.6 Å². The molecule has 0 fully saturated rings. The van der Waals surface area contributed by atoms with E-state index in [4.69, 9.17) is 9.47 Å². The standard InChI is InChI=1S/C25H33NO7S/c1-17(2)21(24(28)29)15-18-9-7-8-10-22(18)26(16-23(27)33-25(3,4)5)34(30,31)20-13-11-19(32-6)12-14-20/h7-14,17,21H,15-16H2,1-6H3,(H,28,29)/t21-/m1/s1. The van der Waals surface area contributed by atoms with Crippen LogP contribution in [0.1, 0.15) is 40.2 Å². The van der Waals surface area contributed by atoms with Crippen LogP contribution in [0.4, 0.5) is 5.69 Å². The van der Waals surface area contributed by atoms with Crippen LogP contribution < -0.4 is 9.04 Å². The third-order valence-corrected chi connectivity index (χ3v) is 6.94. The Morgan fingerprint density at radius 2 is 1.62 bits per heavy atom. The number of carboxylic acids is 1. The van der Waals surface area contributed by atoms with Crippen molar-refractivity contribution in [3.8, 4) is 5.75 Å². The summed E-state index contributed by atoms with van der Waals surface area (Å²) < 4.78 is 38.9. The number of ether oxygens (including phenoxy) is 2. The van der Waals surface area contributed by atoms with Gasteiger partial charge in [0.15, 0.2) is 0 Å². The second kappa shape index (κ2) is 10.9. The van der Waals surface area contributed by atoms with Crippen LogP contribution in [0, 0.1) is 11.8 Å². The maximum absolute atomic E-state index is 13.7. The number of sulfonamides is 1. The van der Waals surface area contributed by atoms with Gasteiger partial charge in [0.2, 0.25) is 0 Å². The maximum Gasteiger partial charge on any atom is 0.327 e. The normalized spacial score (nSPS) is 12.8. The molecule has 34 heavy (non-hydrogen) atoms. The van der Waals surface area contributed by atoms with Gasteiger partial charge in [0.25, 0.3) is 10.0 Å². The number of hydrogen-bond acceptors (Lipinski definition) is 6. The van der Waals surface area contributed by atoms with E-state index >= 15 is 0 Å². The number of benzene rings is 2. The number of hydrogen-bond donors (Lipinski definition) is 1. The topological polar surface area (TPSA) is 110 Å². The van der Waals surface area contributed by atoms with Crippen LogP contribution in [-0.4, -0.2) is 44.7 Å². The third-order valence-electron chi connectivity index (χ3n) is 5.16. The molecule has 0 radical (unpaired) electrons. The lowest BCUT2D eigenvalue weighted by atomic mass is 9.89. The summed E-state index contributed by atoms with van der Waals surface area (Å²) in [6.07, 6.45) is 0.103. The Hall–Kier alpha value is -3.07. The number of rotatable bonds is 10. The van der Waals surface area contributed by atoms with E-state index in [0.717, 1.165) is 4.31 Å². The first kappa shape index (κ1) is 27.2. The zero-order chi connectivity index (χ0) is 25.7. The third kappa shape index (κ3) is 6.96. The van der Waals surface area contributed by atoms with Crippen molar-refractivity contribution in [1.29, 1.82) is 0 Å². The van der Waals surface area contributed by atoms with Crippen molar-refractivity contribution in [1.82, 2.24) is 0 Å². The summed E-state index contributed by atoms with van der Waals surface area (Å²) in [6.45, 7) is 8.12. The van der Waals surface area contributed by atoms with Crippen LogP contribution >= 0.6 is 0 Å². The fourth-order valence-corrected chi connectivity index (χ4v) is 4.88. The zero-order valence-electron chi connectivity index (χ0n) is 20.4. The summed E-state index contributed by atoms with van der Waals surface area (Å²) >= 11 is 0. The van der Waals surface area contributed by atoms with E-state index in [1.165, 1.54) is 31.4 Å². The highest BCUT2D eigenvalue weighted by atomic mass is 32.2. The van der Waals surface area contributed by atoms with Crippen molar-refractivity contribution >= 4 is 27.6 Å². The molecule has 1 N–H and O–H groups in total. The highest BCUT2D eigenvalue weighted by Gasteiger charge is 2.32. The van der Waals surface area contributed by atoms with Gasteiger partial charge >= 0.3 is 11.9 Å². The predicted octanol–water partition coefficient (Wildman–Crippen LogP) is 4.13. The average Bonchev–Trinajstić information content (AvgIpc) is 2.74. The van der Waals surface area contributed by atoms with Crippen LogP contribution in [0.5, 0.6) is 5.75 Å². The molecule has 2 aromatic rings. The first-order valence-electron chi connectivity index (χ1n) is 11.0. The fraction of sp³-hybridized carbons (Fsp3) is 0.440. The number of methoxy groups -OCH3 is 1. The van der Waals surface area contributed by atoms with Crippen molar-refractivity contribution < 1.29 is 32.6 Å². The molecule has 9 heteroatoms. The van der Waals surface area contributed by atoms with Crippen LogP contribution in [0.25, 0.3) is 0 Å². The highest BCUT2D eigenvalue weighted by molar-refractivity contribution is 7.92. The Labute approximate surface area is 201 Å². The molecule has 2 aromatic carbocycles. The van der Waals surface area contributed by atoms with Crippen molar-refractivity contribution in [3.05, 3.63) is 54.1 Å². The van der Waals surface area contributed by atoms with Crippen LogP contribution in [0.3, 0.4) is 0 Å². The Balaban J connectivity index is 2.60. The van der Waals surface area contributed by atoms with E-state index in [9.17, 15) is 23.1 Å². The van der Waals surface area contributed by atoms with Crippen molar-refractivity contribution in [2.24, 2.45) is 11.8 Å². The number of carboxylic acid groups (broad SMARTS) is 1. The van der Waals surface area contributed by atoms with Crippen LogP contribution in [0.15, 0.2) is 53.4 Å². The molecule has 0 amide bonds. The molecule has 0 saturated carbocycles. The minimum Gasteiger partial charge on any atom is -0.497 e. The summed E-state index contributed by atoms with van der Waals surface area (Å²) in [5, 5.41) is 9.68. The minimum atomic E-state index is -4.20. The molecule has 0 aliphatic heterocycles. The molecule has 0 bridgehead atoms. The second-order valence-corrected chi connectivity index (χ2v) is 11.2. The lowest BCUT2D eigenvalue weighted by molar-refractivity contribution is -0.152. The van der Waals surface area contributed by atoms with E-state index in [1.54, 1.807) is 58.9 Å². The number of aliphatic carboxylic acids is 1. The highest BCUT2D eigenvalue weighted by Crippen LogP contribution is 2.31. The number of esters is 1. The smallest absolute Gasteiger partial charge is 0.327 e. The molecular formula is C25H33NO7S. The summed E-state index contributed by atoms with van der Waals surface area (Å²) in [4.78, 5) is 24.5. The van der Waals surface area contributed by atoms with E-state index < -0.39 is 40.0 Å². The number of para-hydroxylation sites is 1. The van der Waals surface area contributed by atoms with E-state index in [0.29, 0.717) is 11.3 Å². The van der Waals surface area contributed by atoms with E-state index in [2.05, 4.69) is 0 Å². The largest absolute Gasteiger partial charge is 0.497 e. The Morgan fingerprint density at radius 3 is 2.12 bits per heavy atom. The van der Waals surface area contributed by atoms with Gasteiger partial charge in [-0.15, -0.1) is 0 Å². The molecule has 0 aliphatic carbocycles. The van der Waals surface area contributed by atoms with E-state index in [1.807, 2.05) is 0 Å². The molecule has 0 saturated heterocycles. The monoisotopic (exact) mass is 491 g/mol. The van der Waals surface area contributed by atoms with Gasteiger partial charge in [-0.25, -0.2) is 8.42 Å². The Morgan fingerprint density at radius 1 is 1.03 bits per heavy atom. The average molecular weight is 492 g/mol. The molecule has 0 aromatic heterocycles. The molecule has 2 rings (SSSR count). The molecule has 0 aliphatic rings. The SMILES string of the molecule is COc1ccc(S(=O)(=O)N(CC(=O)OC(C)(C)C)c2ccccc2C[C@@H](C(=O)O)C(C)C)cc1. The molecule has 0 heterocycles. The van der Waals surface area contributed by atoms with Crippen molar-refractivity contribution in [2.75, 3.05) is 18.0 Å². The number of nitrogens with zero attached hydrogens (tertiary/aromatic N) is 1. The van der Waals surface area contributed by atoms with Gasteiger partial charge in [0.05, 0.1) is 23.6 Å². The lowest BCUT2D eigenvalue weighted by Crippen LogP contribution is -2.39. The van der Waals surface area contributed by atoms with E-state index in [-0.39, 0.29) is 22.9 Å². The van der Waals surface area contributed by atoms with Crippen LogP contribution in [0.2, 0.25) is 0 Å². The van der Waals surface area contributed by atoms with Crippen molar-refractivity contribution in [3.63, 3.8) is 0 Å². The van der Waals surface area contributed by atoms with Gasteiger partial charge in [-0.3, -0.25) is 13.9 Å². The lowest BCUT2D eigenvalue weighted by Gasteiger charge is -2.28. The summed E-state index contributed by atoms with van der Waals surface area (Å²) in [7, 11) is -2.72. The van der Waals surface area contributed by atoms with Gasteiger partial charge in [-0.05, 0) is 69.0 Å².